The standard InChI is InChI=1S/C20H34N4O2S/c1-6-16(7-2)18-12-13-24(15-18)20(21-3)22-14-17-10-8-9-11-19(17)27(25,26)23(4)5/h8-11,16,18H,6-7,12-15H2,1-5H3,(H,21,22). The zero-order valence-corrected chi connectivity index (χ0v) is 18.1. The van der Waals surface area contributed by atoms with Crippen molar-refractivity contribution in [1.82, 2.24) is 14.5 Å². The van der Waals surface area contributed by atoms with Gasteiger partial charge in [-0.05, 0) is 29.9 Å². The van der Waals surface area contributed by atoms with E-state index in [1.165, 1.54) is 23.6 Å². The van der Waals surface area contributed by atoms with Gasteiger partial charge >= 0.3 is 0 Å². The predicted molar refractivity (Wildman–Crippen MR) is 111 cm³/mol. The van der Waals surface area contributed by atoms with Crippen molar-refractivity contribution in [2.75, 3.05) is 34.2 Å². The number of hydrogen-bond acceptors (Lipinski definition) is 3. The van der Waals surface area contributed by atoms with Gasteiger partial charge in [0.1, 0.15) is 0 Å². The van der Waals surface area contributed by atoms with Gasteiger partial charge < -0.3 is 10.2 Å². The molecule has 1 aromatic rings. The van der Waals surface area contributed by atoms with Crippen molar-refractivity contribution in [1.29, 1.82) is 0 Å². The third-order valence-corrected chi connectivity index (χ3v) is 7.54. The summed E-state index contributed by atoms with van der Waals surface area (Å²) in [6, 6.07) is 7.14. The van der Waals surface area contributed by atoms with Crippen LogP contribution in [0.15, 0.2) is 34.2 Å². The summed E-state index contributed by atoms with van der Waals surface area (Å²) in [5.74, 6) is 2.32. The lowest BCUT2D eigenvalue weighted by Crippen LogP contribution is -2.40. The molecule has 2 rings (SSSR count). The smallest absolute Gasteiger partial charge is 0.242 e. The summed E-state index contributed by atoms with van der Waals surface area (Å²) in [6.45, 7) is 6.99. The first kappa shape index (κ1) is 21.7. The molecule has 1 heterocycles. The second kappa shape index (κ2) is 9.55. The van der Waals surface area contributed by atoms with Crippen molar-refractivity contribution in [3.63, 3.8) is 0 Å². The van der Waals surface area contributed by atoms with Crippen LogP contribution < -0.4 is 5.32 Å². The SMILES string of the molecule is CCC(CC)C1CCN(C(=NC)NCc2ccccc2S(=O)(=O)N(C)C)C1. The van der Waals surface area contributed by atoms with E-state index in [4.69, 9.17) is 0 Å². The van der Waals surface area contributed by atoms with Gasteiger partial charge in [0.05, 0.1) is 4.90 Å². The van der Waals surface area contributed by atoms with Gasteiger partial charge in [0, 0.05) is 40.8 Å². The molecule has 0 radical (unpaired) electrons. The summed E-state index contributed by atoms with van der Waals surface area (Å²) in [4.78, 5) is 7.07. The Morgan fingerprint density at radius 3 is 2.56 bits per heavy atom. The minimum Gasteiger partial charge on any atom is -0.352 e. The first-order chi connectivity index (χ1) is 12.8. The number of likely N-dealkylation sites (tertiary alicyclic amines) is 1. The number of rotatable bonds is 7. The van der Waals surface area contributed by atoms with Crippen LogP contribution in [-0.2, 0) is 16.6 Å². The summed E-state index contributed by atoms with van der Waals surface area (Å²) in [7, 11) is 1.43. The first-order valence-electron chi connectivity index (χ1n) is 9.81. The average Bonchev–Trinajstić information content (AvgIpc) is 3.13. The van der Waals surface area contributed by atoms with Crippen molar-refractivity contribution in [2.45, 2.75) is 44.6 Å². The number of aliphatic imine (C=N–C) groups is 1. The summed E-state index contributed by atoms with van der Waals surface area (Å²) in [5, 5.41) is 3.37. The molecule has 1 fully saturated rings. The Bertz CT molecular complexity index is 742. The molecule has 0 aliphatic carbocycles. The summed E-state index contributed by atoms with van der Waals surface area (Å²) < 4.78 is 26.4. The van der Waals surface area contributed by atoms with E-state index in [1.807, 2.05) is 12.1 Å². The molecule has 1 unspecified atom stereocenters. The second-order valence-electron chi connectivity index (χ2n) is 7.37. The molecule has 0 bridgehead atoms. The van der Waals surface area contributed by atoms with Crippen molar-refractivity contribution in [2.24, 2.45) is 16.8 Å². The van der Waals surface area contributed by atoms with E-state index in [1.54, 1.807) is 33.3 Å². The van der Waals surface area contributed by atoms with Crippen LogP contribution in [0.3, 0.4) is 0 Å². The molecule has 1 N–H and O–H groups in total. The molecule has 1 atom stereocenters. The Morgan fingerprint density at radius 2 is 1.96 bits per heavy atom. The monoisotopic (exact) mass is 394 g/mol. The fraction of sp³-hybridized carbons (Fsp3) is 0.650. The van der Waals surface area contributed by atoms with Crippen LogP contribution in [0, 0.1) is 11.8 Å². The fourth-order valence-electron chi connectivity index (χ4n) is 3.92. The van der Waals surface area contributed by atoms with Gasteiger partial charge in [-0.1, -0.05) is 44.9 Å². The third-order valence-electron chi connectivity index (χ3n) is 5.62. The molecule has 1 saturated heterocycles. The number of sulfonamides is 1. The number of benzene rings is 1. The van der Waals surface area contributed by atoms with Crippen molar-refractivity contribution in [3.8, 4) is 0 Å². The summed E-state index contributed by atoms with van der Waals surface area (Å²) in [5.41, 5.74) is 0.753. The molecule has 1 aliphatic rings. The molecule has 0 spiro atoms. The molecule has 152 valence electrons. The van der Waals surface area contributed by atoms with Crippen LogP contribution in [0.25, 0.3) is 0 Å². The minimum absolute atomic E-state index is 0.342. The number of nitrogens with one attached hydrogen (secondary N) is 1. The maximum absolute atomic E-state index is 12.6. The first-order valence-corrected chi connectivity index (χ1v) is 11.2. The van der Waals surface area contributed by atoms with Crippen LogP contribution in [0.1, 0.15) is 38.7 Å². The zero-order valence-electron chi connectivity index (χ0n) is 17.3. The molecular weight excluding hydrogens is 360 g/mol. The number of hydrogen-bond donors (Lipinski definition) is 1. The van der Waals surface area contributed by atoms with E-state index >= 15 is 0 Å². The maximum Gasteiger partial charge on any atom is 0.242 e. The van der Waals surface area contributed by atoms with E-state index in [2.05, 4.69) is 29.1 Å². The van der Waals surface area contributed by atoms with E-state index in [-0.39, 0.29) is 0 Å². The highest BCUT2D eigenvalue weighted by atomic mass is 32.2. The third kappa shape index (κ3) is 5.02. The number of guanidine groups is 1. The molecule has 6 nitrogen and oxygen atoms in total. The zero-order chi connectivity index (χ0) is 20.0. The Labute approximate surface area is 164 Å². The van der Waals surface area contributed by atoms with Crippen molar-refractivity contribution in [3.05, 3.63) is 29.8 Å². The highest BCUT2D eigenvalue weighted by Crippen LogP contribution is 2.28. The van der Waals surface area contributed by atoms with Gasteiger partial charge in [-0.15, -0.1) is 0 Å². The van der Waals surface area contributed by atoms with E-state index in [0.717, 1.165) is 30.5 Å². The maximum atomic E-state index is 12.6. The second-order valence-corrected chi connectivity index (χ2v) is 9.49. The van der Waals surface area contributed by atoms with Crippen molar-refractivity contribution >= 4 is 16.0 Å². The van der Waals surface area contributed by atoms with Crippen LogP contribution >= 0.6 is 0 Å². The Morgan fingerprint density at radius 1 is 1.30 bits per heavy atom. The van der Waals surface area contributed by atoms with Crippen LogP contribution in [0.4, 0.5) is 0 Å². The molecule has 1 aliphatic heterocycles. The van der Waals surface area contributed by atoms with Gasteiger partial charge in [0.25, 0.3) is 0 Å². The Hall–Kier alpha value is -1.60. The molecule has 27 heavy (non-hydrogen) atoms. The van der Waals surface area contributed by atoms with Gasteiger partial charge in [-0.25, -0.2) is 12.7 Å². The molecule has 0 amide bonds. The van der Waals surface area contributed by atoms with E-state index in [0.29, 0.717) is 17.4 Å². The lowest BCUT2D eigenvalue weighted by atomic mass is 9.87. The minimum atomic E-state index is -3.47. The molecule has 7 heteroatoms. The molecular formula is C20H34N4O2S. The number of nitrogens with zero attached hydrogens (tertiary/aromatic N) is 3. The molecule has 1 aromatic carbocycles. The largest absolute Gasteiger partial charge is 0.352 e. The Kier molecular flexibility index (Phi) is 7.68. The van der Waals surface area contributed by atoms with Crippen LogP contribution in [0.2, 0.25) is 0 Å². The highest BCUT2D eigenvalue weighted by molar-refractivity contribution is 7.89. The quantitative estimate of drug-likeness (QED) is 0.570. The van der Waals surface area contributed by atoms with E-state index in [9.17, 15) is 8.42 Å². The van der Waals surface area contributed by atoms with Crippen molar-refractivity contribution < 1.29 is 8.42 Å². The molecule has 0 aromatic heterocycles. The van der Waals surface area contributed by atoms with Gasteiger partial charge in [-0.3, -0.25) is 4.99 Å². The van der Waals surface area contributed by atoms with Crippen LogP contribution in [0.5, 0.6) is 0 Å². The molecule has 0 saturated carbocycles. The highest BCUT2D eigenvalue weighted by Gasteiger charge is 2.29. The van der Waals surface area contributed by atoms with Gasteiger partial charge in [-0.2, -0.15) is 0 Å². The topological polar surface area (TPSA) is 65.0 Å². The summed E-state index contributed by atoms with van der Waals surface area (Å²) >= 11 is 0. The van der Waals surface area contributed by atoms with Crippen LogP contribution in [-0.4, -0.2) is 57.8 Å². The lowest BCUT2D eigenvalue weighted by Gasteiger charge is -2.24. The Balaban J connectivity index is 2.08. The van der Waals surface area contributed by atoms with Gasteiger partial charge in [0.2, 0.25) is 10.0 Å². The predicted octanol–water partition coefficient (Wildman–Crippen LogP) is 2.77. The fourth-order valence-corrected chi connectivity index (χ4v) is 5.04. The average molecular weight is 395 g/mol. The van der Waals surface area contributed by atoms with Gasteiger partial charge in [0.15, 0.2) is 5.96 Å². The summed E-state index contributed by atoms with van der Waals surface area (Å²) in [6.07, 6.45) is 3.63. The van der Waals surface area contributed by atoms with E-state index < -0.39 is 10.0 Å². The lowest BCUT2D eigenvalue weighted by molar-refractivity contribution is 0.319. The normalized spacial score (nSPS) is 18.6.